The summed E-state index contributed by atoms with van der Waals surface area (Å²) in [7, 11) is 0. The molecule has 0 atom stereocenters. The molecule has 6 heteroatoms. The Labute approximate surface area is 88.9 Å². The quantitative estimate of drug-likeness (QED) is 0.540. The molecule has 15 heavy (non-hydrogen) atoms. The van der Waals surface area contributed by atoms with Crippen LogP contribution in [0.2, 0.25) is 0 Å². The third-order valence-electron chi connectivity index (χ3n) is 2.41. The van der Waals surface area contributed by atoms with Gasteiger partial charge >= 0.3 is 6.09 Å². The van der Waals surface area contributed by atoms with E-state index in [0.29, 0.717) is 25.6 Å². The van der Waals surface area contributed by atoms with Gasteiger partial charge in [-0.25, -0.2) is 4.79 Å². The summed E-state index contributed by atoms with van der Waals surface area (Å²) in [6, 6.07) is 0. The molecule has 0 aromatic carbocycles. The number of carbonyl (C=O) groups excluding carboxylic acids is 1. The van der Waals surface area contributed by atoms with Gasteiger partial charge in [0.15, 0.2) is 0 Å². The van der Waals surface area contributed by atoms with E-state index in [4.69, 9.17) is 9.94 Å². The van der Waals surface area contributed by atoms with E-state index in [0.717, 1.165) is 12.8 Å². The highest BCUT2D eigenvalue weighted by Crippen LogP contribution is 2.15. The van der Waals surface area contributed by atoms with Crippen molar-refractivity contribution in [2.75, 3.05) is 19.7 Å². The summed E-state index contributed by atoms with van der Waals surface area (Å²) in [6.07, 6.45) is 3.13. The Morgan fingerprint density at radius 3 is 2.87 bits per heavy atom. The number of piperidine rings is 1. The van der Waals surface area contributed by atoms with Gasteiger partial charge in [0.1, 0.15) is 0 Å². The van der Waals surface area contributed by atoms with Crippen molar-refractivity contribution in [3.05, 3.63) is 0 Å². The Morgan fingerprint density at radius 2 is 2.33 bits per heavy atom. The maximum absolute atomic E-state index is 11.3. The zero-order valence-corrected chi connectivity index (χ0v) is 8.85. The fourth-order valence-corrected chi connectivity index (χ4v) is 1.58. The summed E-state index contributed by atoms with van der Waals surface area (Å²) >= 11 is 0. The lowest BCUT2D eigenvalue weighted by Gasteiger charge is -2.29. The number of ether oxygens (including phenoxy) is 1. The van der Waals surface area contributed by atoms with Crippen LogP contribution in [-0.2, 0) is 4.74 Å². The molecule has 0 aliphatic carbocycles. The van der Waals surface area contributed by atoms with Gasteiger partial charge in [-0.3, -0.25) is 5.21 Å². The standard InChI is InChI=1S/C9H17N3O3/c1-2-15-9(13)12-5-3-8(4-6-12)7-10-11-14/h7-8,11,14H,2-6H2,1H3/b10-7+. The normalized spacial score (nSPS) is 18.1. The first-order chi connectivity index (χ1) is 7.27. The van der Waals surface area contributed by atoms with Crippen molar-refractivity contribution in [2.24, 2.45) is 11.0 Å². The number of hydrazone groups is 1. The lowest BCUT2D eigenvalue weighted by Crippen LogP contribution is -2.39. The highest BCUT2D eigenvalue weighted by atomic mass is 16.6. The Hall–Kier alpha value is -1.30. The molecule has 6 nitrogen and oxygen atoms in total. The van der Waals surface area contributed by atoms with E-state index in [-0.39, 0.29) is 6.09 Å². The van der Waals surface area contributed by atoms with E-state index in [2.05, 4.69) is 5.10 Å². The second kappa shape index (κ2) is 6.23. The topological polar surface area (TPSA) is 74.2 Å². The van der Waals surface area contributed by atoms with Crippen LogP contribution in [0.5, 0.6) is 0 Å². The molecule has 0 spiro atoms. The molecule has 0 aromatic heterocycles. The van der Waals surface area contributed by atoms with Gasteiger partial charge in [-0.1, -0.05) is 0 Å². The van der Waals surface area contributed by atoms with Crippen LogP contribution in [0.4, 0.5) is 4.79 Å². The third-order valence-corrected chi connectivity index (χ3v) is 2.41. The highest BCUT2D eigenvalue weighted by molar-refractivity contribution is 5.68. The van der Waals surface area contributed by atoms with Crippen molar-refractivity contribution in [1.29, 1.82) is 0 Å². The first-order valence-corrected chi connectivity index (χ1v) is 5.12. The highest BCUT2D eigenvalue weighted by Gasteiger charge is 2.22. The van der Waals surface area contributed by atoms with Crippen LogP contribution in [-0.4, -0.2) is 42.1 Å². The second-order valence-corrected chi connectivity index (χ2v) is 3.40. The first kappa shape index (κ1) is 11.8. The van der Waals surface area contributed by atoms with E-state index in [1.54, 1.807) is 23.6 Å². The molecule has 0 radical (unpaired) electrons. The average Bonchev–Trinajstić information content (AvgIpc) is 2.27. The summed E-state index contributed by atoms with van der Waals surface area (Å²) in [5.74, 6) is 0.315. The zero-order valence-electron chi connectivity index (χ0n) is 8.85. The van der Waals surface area contributed by atoms with Crippen LogP contribution in [0, 0.1) is 5.92 Å². The molecular formula is C9H17N3O3. The first-order valence-electron chi connectivity index (χ1n) is 5.12. The minimum atomic E-state index is -0.242. The van der Waals surface area contributed by atoms with Crippen LogP contribution < -0.4 is 5.59 Å². The Kier molecular flexibility index (Phi) is 4.89. The average molecular weight is 215 g/mol. The van der Waals surface area contributed by atoms with Crippen molar-refractivity contribution < 1.29 is 14.7 Å². The molecule has 1 aliphatic rings. The number of nitrogens with one attached hydrogen (secondary N) is 1. The van der Waals surface area contributed by atoms with Gasteiger partial charge in [-0.2, -0.15) is 10.7 Å². The Morgan fingerprint density at radius 1 is 1.67 bits per heavy atom. The van der Waals surface area contributed by atoms with Crippen LogP contribution >= 0.6 is 0 Å². The van der Waals surface area contributed by atoms with Crippen molar-refractivity contribution in [3.63, 3.8) is 0 Å². The van der Waals surface area contributed by atoms with Gasteiger partial charge in [0.25, 0.3) is 0 Å². The molecule has 0 bridgehead atoms. The smallest absolute Gasteiger partial charge is 0.409 e. The largest absolute Gasteiger partial charge is 0.450 e. The number of carbonyl (C=O) groups is 1. The molecule has 1 rings (SSSR count). The van der Waals surface area contributed by atoms with Gasteiger partial charge < -0.3 is 9.64 Å². The SMILES string of the molecule is CCOC(=O)N1CCC(/C=N/NO)CC1. The maximum Gasteiger partial charge on any atom is 0.409 e. The van der Waals surface area contributed by atoms with Crippen LogP contribution in [0.3, 0.4) is 0 Å². The minimum absolute atomic E-state index is 0.242. The predicted molar refractivity (Wildman–Crippen MR) is 54.7 cm³/mol. The molecule has 1 aliphatic heterocycles. The monoisotopic (exact) mass is 215 g/mol. The number of amides is 1. The van der Waals surface area contributed by atoms with Crippen molar-refractivity contribution >= 4 is 12.3 Å². The summed E-state index contributed by atoms with van der Waals surface area (Å²) < 4.78 is 4.90. The van der Waals surface area contributed by atoms with E-state index in [1.807, 2.05) is 0 Å². The molecule has 1 saturated heterocycles. The van der Waals surface area contributed by atoms with Crippen LogP contribution in [0.1, 0.15) is 19.8 Å². The van der Waals surface area contributed by atoms with E-state index in [1.165, 1.54) is 0 Å². The van der Waals surface area contributed by atoms with Gasteiger partial charge in [0.2, 0.25) is 0 Å². The summed E-state index contributed by atoms with van der Waals surface area (Å²) in [5, 5.41) is 11.8. The zero-order chi connectivity index (χ0) is 11.1. The van der Waals surface area contributed by atoms with Crippen LogP contribution in [0.25, 0.3) is 0 Å². The fourth-order valence-electron chi connectivity index (χ4n) is 1.58. The van der Waals surface area contributed by atoms with Crippen molar-refractivity contribution in [2.45, 2.75) is 19.8 Å². The third kappa shape index (κ3) is 3.75. The number of nitrogens with zero attached hydrogens (tertiary/aromatic N) is 2. The molecule has 0 saturated carbocycles. The predicted octanol–water partition coefficient (Wildman–Crippen LogP) is 0.820. The molecular weight excluding hydrogens is 198 g/mol. The maximum atomic E-state index is 11.3. The molecule has 1 fully saturated rings. The number of rotatable bonds is 3. The van der Waals surface area contributed by atoms with Crippen molar-refractivity contribution in [3.8, 4) is 0 Å². The summed E-state index contributed by atoms with van der Waals surface area (Å²) in [5.41, 5.74) is 1.73. The summed E-state index contributed by atoms with van der Waals surface area (Å²) in [6.45, 7) is 3.57. The molecule has 2 N–H and O–H groups in total. The van der Waals surface area contributed by atoms with Gasteiger partial charge in [-0.15, -0.1) is 0 Å². The van der Waals surface area contributed by atoms with Gasteiger partial charge in [0, 0.05) is 19.3 Å². The number of hydrogen-bond acceptors (Lipinski definition) is 5. The van der Waals surface area contributed by atoms with E-state index in [9.17, 15) is 4.79 Å². The Bertz CT molecular complexity index is 225. The number of likely N-dealkylation sites (tertiary alicyclic amines) is 1. The van der Waals surface area contributed by atoms with Crippen LogP contribution in [0.15, 0.2) is 5.10 Å². The van der Waals surface area contributed by atoms with Gasteiger partial charge in [-0.05, 0) is 25.7 Å². The van der Waals surface area contributed by atoms with Crippen molar-refractivity contribution in [1.82, 2.24) is 10.5 Å². The molecule has 0 unspecified atom stereocenters. The lowest BCUT2D eigenvalue weighted by atomic mass is 9.99. The summed E-state index contributed by atoms with van der Waals surface area (Å²) in [4.78, 5) is 13.0. The van der Waals surface area contributed by atoms with E-state index >= 15 is 0 Å². The molecule has 1 amide bonds. The number of hydrogen-bond donors (Lipinski definition) is 2. The minimum Gasteiger partial charge on any atom is -0.450 e. The lowest BCUT2D eigenvalue weighted by molar-refractivity contribution is 0.0964. The molecule has 86 valence electrons. The van der Waals surface area contributed by atoms with Gasteiger partial charge in [0.05, 0.1) is 6.61 Å². The Balaban J connectivity index is 2.29. The molecule has 0 aromatic rings. The molecule has 1 heterocycles. The second-order valence-electron chi connectivity index (χ2n) is 3.40. The van der Waals surface area contributed by atoms with E-state index < -0.39 is 0 Å². The fraction of sp³-hybridized carbons (Fsp3) is 0.778.